The molecule has 1 amide bonds. The third-order valence-corrected chi connectivity index (χ3v) is 4.50. The van der Waals surface area contributed by atoms with Gasteiger partial charge in [0, 0.05) is 22.2 Å². The van der Waals surface area contributed by atoms with Crippen LogP contribution in [-0.4, -0.2) is 18.5 Å². The topological polar surface area (TPSA) is 41.1 Å². The molecule has 0 spiro atoms. The van der Waals surface area contributed by atoms with E-state index in [0.29, 0.717) is 12.5 Å². The van der Waals surface area contributed by atoms with Crippen LogP contribution in [0.25, 0.3) is 0 Å². The average molecular weight is 303 g/mol. The molecule has 1 fully saturated rings. The lowest BCUT2D eigenvalue weighted by atomic mass is 10.1. The lowest BCUT2D eigenvalue weighted by Crippen LogP contribution is -2.33. The van der Waals surface area contributed by atoms with Gasteiger partial charge in [0.05, 0.1) is 6.04 Å². The number of halogens is 1. The first kappa shape index (κ1) is 16.5. The highest BCUT2D eigenvalue weighted by atomic mass is 35.5. The molecule has 3 nitrogen and oxygen atoms in total. The summed E-state index contributed by atoms with van der Waals surface area (Å²) in [7, 11) is 0. The fraction of sp³-hybridized carbons (Fsp3) is 0.643. The van der Waals surface area contributed by atoms with Crippen molar-refractivity contribution in [2.45, 2.75) is 52.1 Å². The van der Waals surface area contributed by atoms with Gasteiger partial charge < -0.3 is 10.6 Å². The normalized spacial score (nSPS) is 19.8. The predicted octanol–water partition coefficient (Wildman–Crippen LogP) is 3.11. The van der Waals surface area contributed by atoms with Crippen molar-refractivity contribution in [3.63, 3.8) is 0 Å². The minimum atomic E-state index is 0. The van der Waals surface area contributed by atoms with E-state index in [2.05, 4.69) is 37.5 Å². The van der Waals surface area contributed by atoms with Gasteiger partial charge in [-0.2, -0.15) is 0 Å². The minimum Gasteiger partial charge on any atom is -0.349 e. The third-order valence-electron chi connectivity index (χ3n) is 3.52. The molecule has 2 rings (SSSR count). The lowest BCUT2D eigenvalue weighted by molar-refractivity contribution is -0.122. The van der Waals surface area contributed by atoms with Gasteiger partial charge in [0.1, 0.15) is 0 Å². The van der Waals surface area contributed by atoms with Gasteiger partial charge in [0.15, 0.2) is 0 Å². The highest BCUT2D eigenvalue weighted by Gasteiger charge is 2.19. The van der Waals surface area contributed by atoms with Crippen LogP contribution in [0.2, 0.25) is 0 Å². The summed E-state index contributed by atoms with van der Waals surface area (Å²) < 4.78 is 0. The van der Waals surface area contributed by atoms with Crippen LogP contribution >= 0.6 is 23.7 Å². The SMILES string of the molecule is Cc1cc(C(C)NC(=O)CC2CCCN2)c(C)s1.Cl. The molecule has 1 aromatic rings. The second-order valence-electron chi connectivity index (χ2n) is 5.16. The molecule has 0 bridgehead atoms. The fourth-order valence-corrected chi connectivity index (χ4v) is 3.64. The van der Waals surface area contributed by atoms with Crippen LogP contribution in [0.15, 0.2) is 6.07 Å². The average Bonchev–Trinajstić information content (AvgIpc) is 2.88. The van der Waals surface area contributed by atoms with E-state index in [4.69, 9.17) is 0 Å². The van der Waals surface area contributed by atoms with Crippen LogP contribution < -0.4 is 10.6 Å². The number of hydrogen-bond donors (Lipinski definition) is 2. The van der Waals surface area contributed by atoms with Crippen LogP contribution in [0.5, 0.6) is 0 Å². The summed E-state index contributed by atoms with van der Waals surface area (Å²) in [5, 5.41) is 6.46. The highest BCUT2D eigenvalue weighted by molar-refractivity contribution is 7.12. The summed E-state index contributed by atoms with van der Waals surface area (Å²) in [6, 6.07) is 2.67. The van der Waals surface area contributed by atoms with Crippen molar-refractivity contribution >= 4 is 29.7 Å². The third kappa shape index (κ3) is 4.48. The summed E-state index contributed by atoms with van der Waals surface area (Å²) in [6.07, 6.45) is 2.92. The number of thiophene rings is 1. The predicted molar refractivity (Wildman–Crippen MR) is 83.2 cm³/mol. The zero-order valence-electron chi connectivity index (χ0n) is 11.8. The molecule has 0 saturated carbocycles. The van der Waals surface area contributed by atoms with Gasteiger partial charge in [-0.15, -0.1) is 23.7 Å². The van der Waals surface area contributed by atoms with Crippen molar-refractivity contribution in [1.82, 2.24) is 10.6 Å². The molecular weight excluding hydrogens is 280 g/mol. The number of amides is 1. The second-order valence-corrected chi connectivity index (χ2v) is 6.62. The fourth-order valence-electron chi connectivity index (χ4n) is 2.61. The maximum absolute atomic E-state index is 12.0. The van der Waals surface area contributed by atoms with Crippen molar-refractivity contribution < 1.29 is 4.79 Å². The summed E-state index contributed by atoms with van der Waals surface area (Å²) in [4.78, 5) is 14.6. The highest BCUT2D eigenvalue weighted by Crippen LogP contribution is 2.26. The van der Waals surface area contributed by atoms with Crippen LogP contribution in [0.1, 0.15) is 47.5 Å². The molecule has 1 saturated heterocycles. The number of carbonyl (C=O) groups is 1. The molecule has 19 heavy (non-hydrogen) atoms. The van der Waals surface area contributed by atoms with Gasteiger partial charge in [-0.1, -0.05) is 0 Å². The van der Waals surface area contributed by atoms with Gasteiger partial charge in [0.25, 0.3) is 0 Å². The van der Waals surface area contributed by atoms with Crippen molar-refractivity contribution in [1.29, 1.82) is 0 Å². The maximum atomic E-state index is 12.0. The summed E-state index contributed by atoms with van der Waals surface area (Å²) in [5.41, 5.74) is 1.25. The molecule has 2 unspecified atom stereocenters. The maximum Gasteiger partial charge on any atom is 0.222 e. The number of hydrogen-bond acceptors (Lipinski definition) is 3. The molecule has 2 heterocycles. The molecule has 2 atom stereocenters. The van der Waals surface area contributed by atoms with Gasteiger partial charge in [-0.05, 0) is 51.8 Å². The Balaban J connectivity index is 0.00000180. The zero-order chi connectivity index (χ0) is 13.1. The van der Waals surface area contributed by atoms with E-state index in [1.807, 2.05) is 0 Å². The molecule has 1 aliphatic rings. The van der Waals surface area contributed by atoms with Crippen molar-refractivity contribution in [3.05, 3.63) is 21.4 Å². The molecule has 2 N–H and O–H groups in total. The Morgan fingerprint density at radius 2 is 2.32 bits per heavy atom. The van der Waals surface area contributed by atoms with Gasteiger partial charge in [-0.3, -0.25) is 4.79 Å². The van der Waals surface area contributed by atoms with E-state index in [-0.39, 0.29) is 24.4 Å². The van der Waals surface area contributed by atoms with Crippen LogP contribution in [0.4, 0.5) is 0 Å². The van der Waals surface area contributed by atoms with Crippen LogP contribution in [-0.2, 0) is 4.79 Å². The van der Waals surface area contributed by atoms with E-state index < -0.39 is 0 Å². The van der Waals surface area contributed by atoms with Crippen molar-refractivity contribution in [2.75, 3.05) is 6.54 Å². The number of aryl methyl sites for hydroxylation is 2. The first-order valence-electron chi connectivity index (χ1n) is 6.66. The zero-order valence-corrected chi connectivity index (χ0v) is 13.4. The summed E-state index contributed by atoms with van der Waals surface area (Å²) in [6.45, 7) is 7.34. The number of nitrogens with one attached hydrogen (secondary N) is 2. The number of rotatable bonds is 4. The van der Waals surface area contributed by atoms with E-state index >= 15 is 0 Å². The second kappa shape index (κ2) is 7.27. The molecule has 0 radical (unpaired) electrons. The summed E-state index contributed by atoms with van der Waals surface area (Å²) in [5.74, 6) is 0.158. The molecule has 1 aromatic heterocycles. The Labute approximate surface area is 125 Å². The van der Waals surface area contributed by atoms with Gasteiger partial charge in [0.2, 0.25) is 5.91 Å². The minimum absolute atomic E-state index is 0. The molecule has 1 aliphatic heterocycles. The van der Waals surface area contributed by atoms with Crippen LogP contribution in [0.3, 0.4) is 0 Å². The quantitative estimate of drug-likeness (QED) is 0.897. The van der Waals surface area contributed by atoms with Crippen molar-refractivity contribution in [2.24, 2.45) is 0 Å². The van der Waals surface area contributed by atoms with E-state index in [0.717, 1.165) is 13.0 Å². The van der Waals surface area contributed by atoms with E-state index in [1.54, 1.807) is 11.3 Å². The smallest absolute Gasteiger partial charge is 0.222 e. The first-order chi connectivity index (χ1) is 8.56. The Morgan fingerprint density at radius 3 is 2.84 bits per heavy atom. The Morgan fingerprint density at radius 1 is 1.58 bits per heavy atom. The largest absolute Gasteiger partial charge is 0.349 e. The van der Waals surface area contributed by atoms with Gasteiger partial charge >= 0.3 is 0 Å². The Bertz CT molecular complexity index is 427. The first-order valence-corrected chi connectivity index (χ1v) is 7.47. The standard InChI is InChI=1S/C14H22N2OS.ClH/c1-9-7-13(11(3)18-9)10(2)16-14(17)8-12-5-4-6-15-12;/h7,10,12,15H,4-6,8H2,1-3H3,(H,16,17);1H. The molecule has 5 heteroatoms. The van der Waals surface area contributed by atoms with E-state index in [1.165, 1.54) is 21.7 Å². The molecular formula is C14H23ClN2OS. The number of carbonyl (C=O) groups excluding carboxylic acids is 1. The Kier molecular flexibility index (Phi) is 6.30. The monoisotopic (exact) mass is 302 g/mol. The van der Waals surface area contributed by atoms with E-state index in [9.17, 15) is 4.79 Å². The Hall–Kier alpha value is -0.580. The summed E-state index contributed by atoms with van der Waals surface area (Å²) >= 11 is 1.79. The molecule has 0 aromatic carbocycles. The molecule has 0 aliphatic carbocycles. The lowest BCUT2D eigenvalue weighted by Gasteiger charge is -2.16. The van der Waals surface area contributed by atoms with Crippen molar-refractivity contribution in [3.8, 4) is 0 Å². The van der Waals surface area contributed by atoms with Crippen LogP contribution in [0, 0.1) is 13.8 Å². The van der Waals surface area contributed by atoms with Gasteiger partial charge in [-0.25, -0.2) is 0 Å². The molecule has 108 valence electrons.